The lowest BCUT2D eigenvalue weighted by atomic mass is 9.76. The van der Waals surface area contributed by atoms with Crippen molar-refractivity contribution in [3.63, 3.8) is 0 Å². The van der Waals surface area contributed by atoms with Gasteiger partial charge in [0.05, 0.1) is 5.60 Å². The van der Waals surface area contributed by atoms with Gasteiger partial charge in [0, 0.05) is 26.8 Å². The van der Waals surface area contributed by atoms with Crippen molar-refractivity contribution in [2.45, 2.75) is 31.3 Å². The van der Waals surface area contributed by atoms with Crippen molar-refractivity contribution in [1.82, 2.24) is 9.78 Å². The first-order chi connectivity index (χ1) is 7.15. The molecule has 0 radical (unpaired) electrons. The lowest BCUT2D eigenvalue weighted by Gasteiger charge is -2.39. The van der Waals surface area contributed by atoms with Crippen LogP contribution in [0.25, 0.3) is 0 Å². The Kier molecular flexibility index (Phi) is 2.61. The Balaban J connectivity index is 2.03. The van der Waals surface area contributed by atoms with Gasteiger partial charge >= 0.3 is 0 Å². The maximum Gasteiger partial charge on any atom is 0.185 e. The van der Waals surface area contributed by atoms with Gasteiger partial charge in [-0.05, 0) is 25.3 Å². The van der Waals surface area contributed by atoms with Crippen LogP contribution in [0.2, 0.25) is 0 Å². The summed E-state index contributed by atoms with van der Waals surface area (Å²) in [5.41, 5.74) is 0.343. The van der Waals surface area contributed by atoms with Crippen molar-refractivity contribution in [2.24, 2.45) is 7.05 Å². The van der Waals surface area contributed by atoms with Gasteiger partial charge in [-0.25, -0.2) is 0 Å². The Hall–Kier alpha value is -1.16. The first-order valence-electron chi connectivity index (χ1n) is 5.23. The van der Waals surface area contributed by atoms with E-state index >= 15 is 0 Å². The molecule has 0 spiro atoms. The van der Waals surface area contributed by atoms with Gasteiger partial charge in [-0.1, -0.05) is 0 Å². The molecule has 0 saturated heterocycles. The fourth-order valence-electron chi connectivity index (χ4n) is 1.97. The summed E-state index contributed by atoms with van der Waals surface area (Å²) < 4.78 is 7.06. The standard InChI is InChI=1S/C11H16N2O2/c1-13-7-4-9(12-13)10(14)8-11(15-2)5-3-6-11/h4,7H,3,5-6,8H2,1-2H3. The fourth-order valence-corrected chi connectivity index (χ4v) is 1.97. The predicted octanol–water partition coefficient (Wildman–Crippen LogP) is 1.56. The minimum atomic E-state index is -0.200. The van der Waals surface area contributed by atoms with Crippen LogP contribution in [0.15, 0.2) is 12.3 Å². The lowest BCUT2D eigenvalue weighted by Crippen LogP contribution is -2.41. The third-order valence-electron chi connectivity index (χ3n) is 3.18. The number of methoxy groups -OCH3 is 1. The van der Waals surface area contributed by atoms with Crippen molar-refractivity contribution < 1.29 is 9.53 Å². The average Bonchev–Trinajstić information content (AvgIpc) is 2.58. The van der Waals surface area contributed by atoms with Gasteiger partial charge in [0.15, 0.2) is 5.78 Å². The molecule has 0 amide bonds. The topological polar surface area (TPSA) is 44.1 Å². The van der Waals surface area contributed by atoms with E-state index in [-0.39, 0.29) is 11.4 Å². The van der Waals surface area contributed by atoms with E-state index < -0.39 is 0 Å². The summed E-state index contributed by atoms with van der Waals surface area (Å²) in [6.07, 6.45) is 5.38. The molecule has 1 aromatic rings. The van der Waals surface area contributed by atoms with Crippen molar-refractivity contribution >= 4 is 5.78 Å². The summed E-state index contributed by atoms with van der Waals surface area (Å²) in [5, 5.41) is 4.10. The number of carbonyl (C=O) groups is 1. The molecule has 1 saturated carbocycles. The molecule has 0 bridgehead atoms. The van der Waals surface area contributed by atoms with Gasteiger partial charge in [0.25, 0.3) is 0 Å². The van der Waals surface area contributed by atoms with Gasteiger partial charge in [-0.2, -0.15) is 5.10 Å². The van der Waals surface area contributed by atoms with Crippen LogP contribution < -0.4 is 0 Å². The SMILES string of the molecule is COC1(CC(=O)c2ccn(C)n2)CCC1. The van der Waals surface area contributed by atoms with Crippen LogP contribution in [0.1, 0.15) is 36.2 Å². The Morgan fingerprint density at radius 1 is 1.67 bits per heavy atom. The minimum absolute atomic E-state index is 0.0807. The number of hydrogen-bond acceptors (Lipinski definition) is 3. The summed E-state index contributed by atoms with van der Waals surface area (Å²) in [6, 6.07) is 1.75. The molecule has 1 aliphatic carbocycles. The molecular formula is C11H16N2O2. The summed E-state index contributed by atoms with van der Waals surface area (Å²) in [4.78, 5) is 11.9. The van der Waals surface area contributed by atoms with E-state index in [1.54, 1.807) is 24.1 Å². The highest BCUT2D eigenvalue weighted by Gasteiger charge is 2.39. The number of nitrogens with zero attached hydrogens (tertiary/aromatic N) is 2. The molecule has 1 heterocycles. The van der Waals surface area contributed by atoms with Crippen LogP contribution in [0.5, 0.6) is 0 Å². The molecule has 4 heteroatoms. The van der Waals surface area contributed by atoms with Crippen LogP contribution in [-0.4, -0.2) is 28.3 Å². The number of ketones is 1. The van der Waals surface area contributed by atoms with Crippen LogP contribution in [-0.2, 0) is 11.8 Å². The van der Waals surface area contributed by atoms with Gasteiger partial charge in [-0.15, -0.1) is 0 Å². The van der Waals surface area contributed by atoms with Gasteiger partial charge in [0.2, 0.25) is 0 Å². The van der Waals surface area contributed by atoms with E-state index in [1.807, 2.05) is 7.05 Å². The molecule has 1 fully saturated rings. The van der Waals surface area contributed by atoms with Gasteiger partial charge < -0.3 is 4.74 Å². The number of aryl methyl sites for hydroxylation is 1. The zero-order chi connectivity index (χ0) is 10.9. The Morgan fingerprint density at radius 2 is 2.40 bits per heavy atom. The summed E-state index contributed by atoms with van der Waals surface area (Å²) in [6.45, 7) is 0. The first kappa shape index (κ1) is 10.4. The van der Waals surface area contributed by atoms with Crippen LogP contribution in [0.3, 0.4) is 0 Å². The van der Waals surface area contributed by atoms with Crippen LogP contribution in [0.4, 0.5) is 0 Å². The minimum Gasteiger partial charge on any atom is -0.378 e. The molecule has 1 aliphatic rings. The Labute approximate surface area is 89.2 Å². The maximum absolute atomic E-state index is 11.9. The van der Waals surface area contributed by atoms with Crippen molar-refractivity contribution in [1.29, 1.82) is 0 Å². The van der Waals surface area contributed by atoms with Crippen molar-refractivity contribution in [3.05, 3.63) is 18.0 Å². The molecule has 82 valence electrons. The zero-order valence-corrected chi connectivity index (χ0v) is 9.19. The molecule has 15 heavy (non-hydrogen) atoms. The van der Waals surface area contributed by atoms with E-state index in [2.05, 4.69) is 5.10 Å². The van der Waals surface area contributed by atoms with Gasteiger partial charge in [-0.3, -0.25) is 9.48 Å². The molecule has 0 atom stereocenters. The molecular weight excluding hydrogens is 192 g/mol. The highest BCUT2D eigenvalue weighted by atomic mass is 16.5. The third-order valence-corrected chi connectivity index (χ3v) is 3.18. The Morgan fingerprint density at radius 3 is 2.80 bits per heavy atom. The molecule has 0 aromatic carbocycles. The highest BCUT2D eigenvalue weighted by Crippen LogP contribution is 2.38. The van der Waals surface area contributed by atoms with Crippen molar-refractivity contribution in [3.8, 4) is 0 Å². The number of carbonyl (C=O) groups excluding carboxylic acids is 1. The Bertz CT molecular complexity index is 361. The largest absolute Gasteiger partial charge is 0.378 e. The van der Waals surface area contributed by atoms with Gasteiger partial charge in [0.1, 0.15) is 5.69 Å². The number of ether oxygens (including phenoxy) is 1. The molecule has 2 rings (SSSR count). The van der Waals surface area contributed by atoms with E-state index in [1.165, 1.54) is 0 Å². The maximum atomic E-state index is 11.9. The summed E-state index contributed by atoms with van der Waals surface area (Å²) in [5.74, 6) is 0.0807. The number of aromatic nitrogens is 2. The molecule has 0 aliphatic heterocycles. The van der Waals surface area contributed by atoms with E-state index in [9.17, 15) is 4.79 Å². The van der Waals surface area contributed by atoms with Crippen LogP contribution in [0, 0.1) is 0 Å². The summed E-state index contributed by atoms with van der Waals surface area (Å²) in [7, 11) is 3.50. The molecule has 1 aromatic heterocycles. The molecule has 0 unspecified atom stereocenters. The second-order valence-corrected chi connectivity index (χ2v) is 4.22. The summed E-state index contributed by atoms with van der Waals surface area (Å²) >= 11 is 0. The second-order valence-electron chi connectivity index (χ2n) is 4.22. The molecule has 4 nitrogen and oxygen atoms in total. The fraction of sp³-hybridized carbons (Fsp3) is 0.636. The number of Topliss-reactive ketones (excluding diaryl/α,β-unsaturated/α-hetero) is 1. The monoisotopic (exact) mass is 208 g/mol. The smallest absolute Gasteiger partial charge is 0.185 e. The van der Waals surface area contributed by atoms with Crippen molar-refractivity contribution in [2.75, 3.05) is 7.11 Å². The predicted molar refractivity (Wildman–Crippen MR) is 55.7 cm³/mol. The zero-order valence-electron chi connectivity index (χ0n) is 9.19. The highest BCUT2D eigenvalue weighted by molar-refractivity contribution is 5.94. The normalized spacial score (nSPS) is 18.5. The number of rotatable bonds is 4. The third kappa shape index (κ3) is 1.95. The van der Waals surface area contributed by atoms with E-state index in [0.29, 0.717) is 12.1 Å². The lowest BCUT2D eigenvalue weighted by molar-refractivity contribution is -0.0705. The van der Waals surface area contributed by atoms with E-state index in [4.69, 9.17) is 4.74 Å². The second kappa shape index (κ2) is 3.77. The van der Waals surface area contributed by atoms with Crippen LogP contribution >= 0.6 is 0 Å². The molecule has 0 N–H and O–H groups in total. The quantitative estimate of drug-likeness (QED) is 0.705. The number of hydrogen-bond donors (Lipinski definition) is 0. The first-order valence-corrected chi connectivity index (χ1v) is 5.23. The average molecular weight is 208 g/mol. The van der Waals surface area contributed by atoms with E-state index in [0.717, 1.165) is 19.3 Å².